The molecular weight excluding hydrogens is 330 g/mol. The first-order valence-corrected chi connectivity index (χ1v) is 8.69. The lowest BCUT2D eigenvalue weighted by molar-refractivity contribution is -0.148. The molecule has 0 spiro atoms. The molecule has 26 heavy (non-hydrogen) atoms. The molecule has 1 fully saturated rings. The highest BCUT2D eigenvalue weighted by Crippen LogP contribution is 2.42. The quantitative estimate of drug-likeness (QED) is 0.568. The summed E-state index contributed by atoms with van der Waals surface area (Å²) < 4.78 is 11.0. The van der Waals surface area contributed by atoms with Gasteiger partial charge < -0.3 is 9.47 Å². The zero-order valence-corrected chi connectivity index (χ0v) is 15.7. The number of amides is 1. The number of carbonyl (C=O) groups is 2. The Bertz CT molecular complexity index is 677. The molecule has 1 saturated heterocycles. The second kappa shape index (κ2) is 7.77. The minimum Gasteiger partial charge on any atom is -0.445 e. The Kier molecular flexibility index (Phi) is 5.90. The van der Waals surface area contributed by atoms with E-state index in [4.69, 9.17) is 9.47 Å². The lowest BCUT2D eigenvalue weighted by Gasteiger charge is -2.39. The van der Waals surface area contributed by atoms with E-state index >= 15 is 0 Å². The molecule has 1 aliphatic heterocycles. The highest BCUT2D eigenvalue weighted by molar-refractivity contribution is 5.89. The van der Waals surface area contributed by atoms with Crippen molar-refractivity contribution in [3.63, 3.8) is 0 Å². The van der Waals surface area contributed by atoms with E-state index in [2.05, 4.69) is 13.2 Å². The van der Waals surface area contributed by atoms with Gasteiger partial charge in [0, 0.05) is 11.8 Å². The zero-order chi connectivity index (χ0) is 19.4. The molecule has 0 aliphatic carbocycles. The number of carbonyl (C=O) groups excluding carboxylic acids is 2. The van der Waals surface area contributed by atoms with Gasteiger partial charge in [0.2, 0.25) is 0 Å². The van der Waals surface area contributed by atoms with Crippen molar-refractivity contribution in [2.45, 2.75) is 45.4 Å². The topological polar surface area (TPSA) is 55.8 Å². The first-order chi connectivity index (χ1) is 12.3. The maximum Gasteiger partial charge on any atom is 0.414 e. The molecule has 2 atom stereocenters. The Morgan fingerprint density at radius 3 is 2.46 bits per heavy atom. The van der Waals surface area contributed by atoms with Crippen molar-refractivity contribution in [3.8, 4) is 0 Å². The van der Waals surface area contributed by atoms with Gasteiger partial charge in [-0.15, -0.1) is 6.58 Å². The largest absolute Gasteiger partial charge is 0.445 e. The van der Waals surface area contributed by atoms with E-state index in [1.54, 1.807) is 6.08 Å². The number of hydrogen-bond donors (Lipinski definition) is 0. The number of ether oxygens (including phenoxy) is 2. The fraction of sp³-hybridized carbons (Fsp3) is 0.429. The highest BCUT2D eigenvalue weighted by atomic mass is 16.6. The number of cyclic esters (lactones) is 1. The van der Waals surface area contributed by atoms with Gasteiger partial charge in [-0.2, -0.15) is 0 Å². The SMILES string of the molecule is C=CCOC(=O)N1[C@H](C(C)(C)C)OC(=O)[C@]1(CC=C)Cc1ccccc1. The summed E-state index contributed by atoms with van der Waals surface area (Å²) in [5.41, 5.74) is -0.718. The summed E-state index contributed by atoms with van der Waals surface area (Å²) in [7, 11) is 0. The van der Waals surface area contributed by atoms with Crippen molar-refractivity contribution in [2.24, 2.45) is 5.41 Å². The van der Waals surface area contributed by atoms with Crippen LogP contribution in [-0.4, -0.2) is 35.3 Å². The lowest BCUT2D eigenvalue weighted by atomic mass is 9.84. The fourth-order valence-corrected chi connectivity index (χ4v) is 3.20. The summed E-state index contributed by atoms with van der Waals surface area (Å²) in [6.07, 6.45) is 2.42. The molecule has 140 valence electrons. The minimum atomic E-state index is -1.18. The standard InChI is InChI=1S/C21H27NO4/c1-6-13-21(15-16-11-9-8-10-12-16)18(23)26-17(20(3,4)5)22(21)19(24)25-14-7-2/h6-12,17H,1-2,13-15H2,3-5H3/t17-,21-/m0/s1. The van der Waals surface area contributed by atoms with Crippen molar-refractivity contribution in [2.75, 3.05) is 6.61 Å². The van der Waals surface area contributed by atoms with Crippen LogP contribution in [0.2, 0.25) is 0 Å². The molecule has 1 heterocycles. The van der Waals surface area contributed by atoms with Crippen LogP contribution < -0.4 is 0 Å². The molecule has 1 aliphatic rings. The van der Waals surface area contributed by atoms with Crippen LogP contribution in [0, 0.1) is 5.41 Å². The van der Waals surface area contributed by atoms with Crippen LogP contribution in [0.3, 0.4) is 0 Å². The molecule has 0 N–H and O–H groups in total. The van der Waals surface area contributed by atoms with Crippen LogP contribution in [0.4, 0.5) is 4.79 Å². The first kappa shape index (κ1) is 19.8. The van der Waals surface area contributed by atoms with Crippen molar-refractivity contribution in [1.29, 1.82) is 0 Å². The summed E-state index contributed by atoms with van der Waals surface area (Å²) in [6.45, 7) is 13.2. The molecular formula is C21H27NO4. The molecule has 0 unspecified atom stereocenters. The smallest absolute Gasteiger partial charge is 0.414 e. The average Bonchev–Trinajstić information content (AvgIpc) is 2.87. The lowest BCUT2D eigenvalue weighted by Crippen LogP contribution is -2.57. The third kappa shape index (κ3) is 3.82. The van der Waals surface area contributed by atoms with Crippen LogP contribution in [0.5, 0.6) is 0 Å². The van der Waals surface area contributed by atoms with Crippen LogP contribution >= 0.6 is 0 Å². The van der Waals surface area contributed by atoms with Crippen molar-refractivity contribution in [1.82, 2.24) is 4.90 Å². The monoisotopic (exact) mass is 357 g/mol. The number of rotatable bonds is 6. The van der Waals surface area contributed by atoms with Crippen LogP contribution in [-0.2, 0) is 20.7 Å². The molecule has 1 aromatic rings. The maximum atomic E-state index is 13.0. The van der Waals surface area contributed by atoms with E-state index in [-0.39, 0.29) is 13.0 Å². The third-order valence-electron chi connectivity index (χ3n) is 4.38. The summed E-state index contributed by atoms with van der Waals surface area (Å²) >= 11 is 0. The number of benzene rings is 1. The van der Waals surface area contributed by atoms with E-state index in [1.807, 2.05) is 51.1 Å². The van der Waals surface area contributed by atoms with Gasteiger partial charge in [-0.1, -0.05) is 69.8 Å². The Balaban J connectivity index is 2.52. The molecule has 0 radical (unpaired) electrons. The second-order valence-electron chi connectivity index (χ2n) is 7.55. The molecule has 0 bridgehead atoms. The van der Waals surface area contributed by atoms with Gasteiger partial charge in [0.15, 0.2) is 11.8 Å². The van der Waals surface area contributed by atoms with E-state index < -0.39 is 29.2 Å². The molecule has 0 aromatic heterocycles. The van der Waals surface area contributed by atoms with Crippen LogP contribution in [0.15, 0.2) is 55.6 Å². The van der Waals surface area contributed by atoms with Gasteiger partial charge >= 0.3 is 12.1 Å². The molecule has 0 saturated carbocycles. The number of hydrogen-bond acceptors (Lipinski definition) is 4. The predicted octanol–water partition coefficient (Wildman–Crippen LogP) is 4.10. The summed E-state index contributed by atoms with van der Waals surface area (Å²) in [6, 6.07) is 9.56. The molecule has 5 nitrogen and oxygen atoms in total. The van der Waals surface area contributed by atoms with E-state index in [9.17, 15) is 9.59 Å². The average molecular weight is 357 g/mol. The number of esters is 1. The van der Waals surface area contributed by atoms with Crippen LogP contribution in [0.1, 0.15) is 32.8 Å². The molecule has 5 heteroatoms. The summed E-state index contributed by atoms with van der Waals surface area (Å²) in [4.78, 5) is 27.3. The molecule has 1 amide bonds. The Morgan fingerprint density at radius 2 is 1.92 bits per heavy atom. The Labute approximate surface area is 155 Å². The molecule has 2 rings (SSSR count). The normalized spacial score (nSPS) is 22.7. The number of nitrogens with zero attached hydrogens (tertiary/aromatic N) is 1. The van der Waals surface area contributed by atoms with E-state index in [1.165, 1.54) is 11.0 Å². The Morgan fingerprint density at radius 1 is 1.27 bits per heavy atom. The maximum absolute atomic E-state index is 13.0. The van der Waals surface area contributed by atoms with Gasteiger partial charge in [-0.05, 0) is 12.0 Å². The highest BCUT2D eigenvalue weighted by Gasteiger charge is 2.60. The Hall–Kier alpha value is -2.56. The van der Waals surface area contributed by atoms with Gasteiger partial charge in [0.05, 0.1) is 0 Å². The van der Waals surface area contributed by atoms with Gasteiger partial charge in [-0.3, -0.25) is 4.90 Å². The van der Waals surface area contributed by atoms with Gasteiger partial charge in [0.1, 0.15) is 6.61 Å². The third-order valence-corrected chi connectivity index (χ3v) is 4.38. The zero-order valence-electron chi connectivity index (χ0n) is 15.7. The van der Waals surface area contributed by atoms with Crippen molar-refractivity contribution in [3.05, 3.63) is 61.2 Å². The predicted molar refractivity (Wildman–Crippen MR) is 100 cm³/mol. The first-order valence-electron chi connectivity index (χ1n) is 8.69. The summed E-state index contributed by atoms with van der Waals surface area (Å²) in [5, 5.41) is 0. The van der Waals surface area contributed by atoms with Gasteiger partial charge in [-0.25, -0.2) is 9.59 Å². The minimum absolute atomic E-state index is 0.0654. The second-order valence-corrected chi connectivity index (χ2v) is 7.55. The summed E-state index contributed by atoms with van der Waals surface area (Å²) in [5.74, 6) is -0.434. The fourth-order valence-electron chi connectivity index (χ4n) is 3.20. The van der Waals surface area contributed by atoms with Crippen molar-refractivity contribution < 1.29 is 19.1 Å². The molecule has 1 aromatic carbocycles. The van der Waals surface area contributed by atoms with E-state index in [0.29, 0.717) is 6.42 Å². The van der Waals surface area contributed by atoms with Gasteiger partial charge in [0.25, 0.3) is 0 Å². The van der Waals surface area contributed by atoms with E-state index in [0.717, 1.165) is 5.56 Å². The van der Waals surface area contributed by atoms with Crippen LogP contribution in [0.25, 0.3) is 0 Å². The van der Waals surface area contributed by atoms with Crippen molar-refractivity contribution >= 4 is 12.1 Å².